The van der Waals surface area contributed by atoms with Crippen molar-refractivity contribution in [3.8, 4) is 6.07 Å². The summed E-state index contributed by atoms with van der Waals surface area (Å²) in [5.74, 6) is -0.251. The van der Waals surface area contributed by atoms with E-state index in [2.05, 4.69) is 11.4 Å². The monoisotopic (exact) mass is 302 g/mol. The molecule has 1 aromatic rings. The van der Waals surface area contributed by atoms with Crippen molar-refractivity contribution in [3.63, 3.8) is 0 Å². The number of allylic oxidation sites excluding steroid dienone is 2. The molecule has 0 bridgehead atoms. The molecule has 0 fully saturated rings. The van der Waals surface area contributed by atoms with Crippen LogP contribution in [0, 0.1) is 17.1 Å². The van der Waals surface area contributed by atoms with E-state index >= 15 is 0 Å². The fourth-order valence-corrected chi connectivity index (χ4v) is 2.34. The number of nitrogens with one attached hydrogen (secondary N) is 1. The van der Waals surface area contributed by atoms with Crippen molar-refractivity contribution >= 4 is 17.3 Å². The van der Waals surface area contributed by atoms with Crippen LogP contribution in [0.3, 0.4) is 0 Å². The summed E-state index contributed by atoms with van der Waals surface area (Å²) in [7, 11) is 0. The van der Waals surface area contributed by atoms with Gasteiger partial charge in [-0.25, -0.2) is 4.39 Å². The smallest absolute Gasteiger partial charge is 0.221 e. The summed E-state index contributed by atoms with van der Waals surface area (Å²) in [4.78, 5) is 1.75. The minimum atomic E-state index is -1.13. The highest BCUT2D eigenvalue weighted by Gasteiger charge is 2.34. The molecule has 108 valence electrons. The number of thiocarbonyl (C=S) groups is 1. The molecule has 0 spiro atoms. The molecule has 4 nitrogen and oxygen atoms in total. The van der Waals surface area contributed by atoms with Crippen LogP contribution in [0.4, 0.5) is 4.39 Å². The predicted octanol–water partition coefficient (Wildman–Crippen LogP) is 1.81. The maximum absolute atomic E-state index is 13.7. The second-order valence-corrected chi connectivity index (χ2v) is 5.04. The summed E-state index contributed by atoms with van der Waals surface area (Å²) in [5.41, 5.74) is 4.97. The lowest BCUT2D eigenvalue weighted by atomic mass is 10.1. The normalized spacial score (nSPS) is 20.1. The molecule has 21 heavy (non-hydrogen) atoms. The van der Waals surface area contributed by atoms with E-state index in [9.17, 15) is 9.65 Å². The lowest BCUT2D eigenvalue weighted by Gasteiger charge is -2.38. The summed E-state index contributed by atoms with van der Waals surface area (Å²) < 4.78 is 13.7. The number of nitrogens with two attached hydrogens (primary N) is 1. The Hall–Kier alpha value is -2.39. The Bertz CT molecular complexity index is 635. The number of hydrogen-bond donors (Lipinski definition) is 2. The van der Waals surface area contributed by atoms with Crippen LogP contribution < -0.4 is 11.1 Å². The number of hydrogen-bond acceptors (Lipinski definition) is 3. The third kappa shape index (κ3) is 3.38. The second-order valence-electron chi connectivity index (χ2n) is 4.60. The maximum atomic E-state index is 13.7. The van der Waals surface area contributed by atoms with E-state index in [0.29, 0.717) is 18.5 Å². The fraction of sp³-hybridized carbons (Fsp3) is 0.200. The predicted molar refractivity (Wildman–Crippen MR) is 83.4 cm³/mol. The second kappa shape index (κ2) is 6.37. The van der Waals surface area contributed by atoms with Crippen LogP contribution in [0.2, 0.25) is 0 Å². The van der Waals surface area contributed by atoms with Gasteiger partial charge in [-0.3, -0.25) is 0 Å². The van der Waals surface area contributed by atoms with Crippen molar-refractivity contribution in [2.24, 2.45) is 5.73 Å². The first-order valence-corrected chi connectivity index (χ1v) is 6.83. The number of nitriles is 1. The van der Waals surface area contributed by atoms with Crippen LogP contribution in [0.5, 0.6) is 0 Å². The summed E-state index contributed by atoms with van der Waals surface area (Å²) in [5, 5.41) is 12.3. The van der Waals surface area contributed by atoms with Gasteiger partial charge in [0.2, 0.25) is 5.66 Å². The molecule has 0 aromatic heterocycles. The van der Waals surface area contributed by atoms with E-state index in [0.717, 1.165) is 0 Å². The first-order valence-electron chi connectivity index (χ1n) is 6.42. The highest BCUT2D eigenvalue weighted by molar-refractivity contribution is 7.80. The Labute approximate surface area is 128 Å². The number of rotatable bonds is 4. The van der Waals surface area contributed by atoms with Gasteiger partial charge in [0.25, 0.3) is 0 Å². The third-order valence-electron chi connectivity index (χ3n) is 3.23. The molecule has 0 saturated heterocycles. The summed E-state index contributed by atoms with van der Waals surface area (Å²) in [6, 6.07) is 8.75. The van der Waals surface area contributed by atoms with Crippen LogP contribution in [0.15, 0.2) is 48.7 Å². The van der Waals surface area contributed by atoms with E-state index in [-0.39, 0.29) is 10.9 Å². The van der Waals surface area contributed by atoms with Gasteiger partial charge in [0, 0.05) is 12.7 Å². The Morgan fingerprint density at radius 3 is 2.86 bits per heavy atom. The van der Waals surface area contributed by atoms with Crippen LogP contribution in [-0.2, 0) is 6.42 Å². The lowest BCUT2D eigenvalue weighted by Crippen LogP contribution is -2.59. The molecule has 0 aliphatic carbocycles. The number of halogens is 1. The van der Waals surface area contributed by atoms with Crippen LogP contribution in [0.1, 0.15) is 5.56 Å². The van der Waals surface area contributed by atoms with E-state index < -0.39 is 5.66 Å². The molecule has 6 heteroatoms. The Kier molecular flexibility index (Phi) is 4.55. The quantitative estimate of drug-likeness (QED) is 0.830. The van der Waals surface area contributed by atoms with Gasteiger partial charge in [-0.05, 0) is 42.4 Å². The van der Waals surface area contributed by atoms with Crippen LogP contribution >= 0.6 is 12.2 Å². The molecule has 0 saturated carbocycles. The largest absolute Gasteiger partial charge is 0.376 e. The SMILES string of the molecule is N#CC1(NC(N)=S)C=CC=CN1CCc1ccccc1F. The van der Waals surface area contributed by atoms with E-state index in [1.807, 2.05) is 0 Å². The summed E-state index contributed by atoms with van der Waals surface area (Å²) in [6.07, 6.45) is 7.45. The Morgan fingerprint density at radius 2 is 2.19 bits per heavy atom. The standard InChI is InChI=1S/C15H15FN4S/c16-13-6-2-1-5-12(13)7-10-20-9-4-3-8-15(20,11-17)19-14(18)21/h1-6,8-9H,7,10H2,(H3,18,19,21). The average molecular weight is 302 g/mol. The first kappa shape index (κ1) is 15.0. The lowest BCUT2D eigenvalue weighted by molar-refractivity contribution is 0.235. The van der Waals surface area contributed by atoms with Crippen molar-refractivity contribution in [1.82, 2.24) is 10.2 Å². The molecule has 0 amide bonds. The molecular formula is C15H15FN4S. The topological polar surface area (TPSA) is 65.1 Å². The molecule has 3 N–H and O–H groups in total. The number of nitrogens with zero attached hydrogens (tertiary/aromatic N) is 2. The minimum Gasteiger partial charge on any atom is -0.376 e. The third-order valence-corrected chi connectivity index (χ3v) is 3.33. The van der Waals surface area contributed by atoms with Crippen molar-refractivity contribution in [2.45, 2.75) is 12.1 Å². The molecule has 0 radical (unpaired) electrons. The Balaban J connectivity index is 2.15. The van der Waals surface area contributed by atoms with Gasteiger partial charge in [0.05, 0.1) is 0 Å². The Morgan fingerprint density at radius 1 is 1.43 bits per heavy atom. The summed E-state index contributed by atoms with van der Waals surface area (Å²) in [6.45, 7) is 0.449. The summed E-state index contributed by atoms with van der Waals surface area (Å²) >= 11 is 4.84. The minimum absolute atomic E-state index is 0.0346. The molecule has 1 heterocycles. The zero-order valence-electron chi connectivity index (χ0n) is 11.3. The molecule has 1 aliphatic heterocycles. The van der Waals surface area contributed by atoms with E-state index in [4.69, 9.17) is 18.0 Å². The van der Waals surface area contributed by atoms with Gasteiger partial charge < -0.3 is 16.0 Å². The van der Waals surface area contributed by atoms with Crippen LogP contribution in [0.25, 0.3) is 0 Å². The van der Waals surface area contributed by atoms with Gasteiger partial charge in [0.15, 0.2) is 5.11 Å². The highest BCUT2D eigenvalue weighted by Crippen LogP contribution is 2.19. The highest BCUT2D eigenvalue weighted by atomic mass is 32.1. The zero-order chi connectivity index (χ0) is 15.3. The van der Waals surface area contributed by atoms with Crippen molar-refractivity contribution in [1.29, 1.82) is 5.26 Å². The molecule has 1 unspecified atom stereocenters. The fourth-order valence-electron chi connectivity index (χ4n) is 2.19. The molecule has 1 aliphatic rings. The molecule has 1 atom stereocenters. The van der Waals surface area contributed by atoms with E-state index in [1.54, 1.807) is 47.5 Å². The molecule has 1 aromatic carbocycles. The van der Waals surface area contributed by atoms with Gasteiger partial charge in [0.1, 0.15) is 11.9 Å². The zero-order valence-corrected chi connectivity index (χ0v) is 12.1. The van der Waals surface area contributed by atoms with Gasteiger partial charge >= 0.3 is 0 Å². The van der Waals surface area contributed by atoms with Crippen molar-refractivity contribution < 1.29 is 4.39 Å². The molecular weight excluding hydrogens is 287 g/mol. The first-order chi connectivity index (χ1) is 10.1. The average Bonchev–Trinajstić information content (AvgIpc) is 2.47. The van der Waals surface area contributed by atoms with E-state index in [1.165, 1.54) is 6.07 Å². The van der Waals surface area contributed by atoms with Crippen molar-refractivity contribution in [2.75, 3.05) is 6.54 Å². The van der Waals surface area contributed by atoms with Crippen LogP contribution in [-0.4, -0.2) is 22.2 Å². The maximum Gasteiger partial charge on any atom is 0.221 e. The molecule has 2 rings (SSSR count). The van der Waals surface area contributed by atoms with Gasteiger partial charge in [-0.15, -0.1) is 0 Å². The van der Waals surface area contributed by atoms with Crippen molar-refractivity contribution in [3.05, 3.63) is 60.1 Å². The number of benzene rings is 1. The van der Waals surface area contributed by atoms with Gasteiger partial charge in [-0.1, -0.05) is 24.3 Å². The van der Waals surface area contributed by atoms with Gasteiger partial charge in [-0.2, -0.15) is 5.26 Å².